The third-order valence-corrected chi connectivity index (χ3v) is 5.22. The van der Waals surface area contributed by atoms with E-state index in [2.05, 4.69) is 15.5 Å². The van der Waals surface area contributed by atoms with E-state index in [1.165, 1.54) is 5.56 Å². The highest BCUT2D eigenvalue weighted by atomic mass is 16.5. The van der Waals surface area contributed by atoms with E-state index in [0.717, 1.165) is 49.0 Å². The summed E-state index contributed by atoms with van der Waals surface area (Å²) in [6.07, 6.45) is 0.865. The zero-order valence-electron chi connectivity index (χ0n) is 17.0. The number of ether oxygens (including phenoxy) is 2. The van der Waals surface area contributed by atoms with Crippen molar-refractivity contribution in [3.63, 3.8) is 0 Å². The number of para-hydroxylation sites is 1. The molecule has 1 aromatic carbocycles. The number of carbonyl (C=O) groups excluding carboxylic acids is 1. The second-order valence-corrected chi connectivity index (χ2v) is 7.04. The summed E-state index contributed by atoms with van der Waals surface area (Å²) in [6, 6.07) is 11.5. The molecule has 4 rings (SSSR count). The van der Waals surface area contributed by atoms with Gasteiger partial charge in [-0.1, -0.05) is 18.2 Å². The highest BCUT2D eigenvalue weighted by Gasteiger charge is 2.25. The Hall–Kier alpha value is -3.06. The van der Waals surface area contributed by atoms with Crippen molar-refractivity contribution in [1.82, 2.24) is 14.5 Å². The average Bonchev–Trinajstić information content (AvgIpc) is 3.34. The molecule has 0 spiro atoms. The van der Waals surface area contributed by atoms with Crippen molar-refractivity contribution >= 4 is 5.97 Å². The van der Waals surface area contributed by atoms with Crippen LogP contribution in [0.5, 0.6) is 5.75 Å². The van der Waals surface area contributed by atoms with E-state index in [1.54, 1.807) is 26.2 Å². The predicted octanol–water partition coefficient (Wildman–Crippen LogP) is 3.42. The van der Waals surface area contributed by atoms with Gasteiger partial charge in [-0.15, -0.1) is 0 Å². The SMILES string of the molecule is CCOC(=O)c1ccc(-c2nc3c(n2C)CN(Cc2ccccc2OC)CC3)o1. The summed E-state index contributed by atoms with van der Waals surface area (Å²) in [7, 11) is 3.69. The molecule has 152 valence electrons. The summed E-state index contributed by atoms with van der Waals surface area (Å²) >= 11 is 0. The molecule has 0 aliphatic carbocycles. The van der Waals surface area contributed by atoms with Crippen molar-refractivity contribution < 1.29 is 18.7 Å². The molecule has 7 nitrogen and oxygen atoms in total. The summed E-state index contributed by atoms with van der Waals surface area (Å²) in [5, 5.41) is 0. The quantitative estimate of drug-likeness (QED) is 0.596. The molecule has 1 aliphatic heterocycles. The maximum absolute atomic E-state index is 11.9. The van der Waals surface area contributed by atoms with Gasteiger partial charge in [0, 0.05) is 38.7 Å². The first-order chi connectivity index (χ1) is 14.1. The number of furan rings is 1. The highest BCUT2D eigenvalue weighted by Crippen LogP contribution is 2.29. The van der Waals surface area contributed by atoms with Gasteiger partial charge >= 0.3 is 5.97 Å². The number of aromatic nitrogens is 2. The van der Waals surface area contributed by atoms with Crippen molar-refractivity contribution in [2.24, 2.45) is 7.05 Å². The van der Waals surface area contributed by atoms with Crippen LogP contribution in [0.25, 0.3) is 11.6 Å². The number of carbonyl (C=O) groups is 1. The Morgan fingerprint density at radius 2 is 2.07 bits per heavy atom. The Morgan fingerprint density at radius 3 is 2.86 bits per heavy atom. The largest absolute Gasteiger partial charge is 0.496 e. The van der Waals surface area contributed by atoms with Crippen molar-refractivity contribution in [2.75, 3.05) is 20.3 Å². The molecule has 0 fully saturated rings. The normalized spacial score (nSPS) is 13.9. The fourth-order valence-corrected chi connectivity index (χ4v) is 3.74. The molecule has 7 heteroatoms. The summed E-state index contributed by atoms with van der Waals surface area (Å²) in [5.74, 6) is 1.94. The Morgan fingerprint density at radius 1 is 1.24 bits per heavy atom. The average molecular weight is 395 g/mol. The molecule has 0 N–H and O–H groups in total. The zero-order chi connectivity index (χ0) is 20.4. The summed E-state index contributed by atoms with van der Waals surface area (Å²) in [6.45, 7) is 4.62. The molecular weight excluding hydrogens is 370 g/mol. The third-order valence-electron chi connectivity index (χ3n) is 5.22. The minimum atomic E-state index is -0.458. The molecule has 0 bridgehead atoms. The Kier molecular flexibility index (Phi) is 5.40. The highest BCUT2D eigenvalue weighted by molar-refractivity contribution is 5.86. The van der Waals surface area contributed by atoms with Gasteiger partial charge in [0.05, 0.1) is 25.1 Å². The standard InChI is InChI=1S/C22H25N3O4/c1-4-28-22(26)20-10-9-19(29-20)21-23-16-11-12-25(14-17(16)24(21)2)13-15-7-5-6-8-18(15)27-3/h5-10H,4,11-14H2,1-3H3. The number of fused-ring (bicyclic) bond motifs is 1. The van der Waals surface area contributed by atoms with Crippen LogP contribution >= 0.6 is 0 Å². The van der Waals surface area contributed by atoms with E-state index in [1.807, 2.05) is 25.2 Å². The van der Waals surface area contributed by atoms with Gasteiger partial charge in [0.15, 0.2) is 11.6 Å². The number of hydrogen-bond donors (Lipinski definition) is 0. The molecule has 3 aromatic rings. The van der Waals surface area contributed by atoms with E-state index >= 15 is 0 Å². The van der Waals surface area contributed by atoms with Gasteiger partial charge in [-0.3, -0.25) is 4.90 Å². The Balaban J connectivity index is 1.54. The van der Waals surface area contributed by atoms with E-state index in [-0.39, 0.29) is 5.76 Å². The van der Waals surface area contributed by atoms with Crippen LogP contribution in [0.2, 0.25) is 0 Å². The van der Waals surface area contributed by atoms with Crippen molar-refractivity contribution in [3.8, 4) is 17.3 Å². The number of hydrogen-bond acceptors (Lipinski definition) is 6. The number of benzene rings is 1. The number of imidazole rings is 1. The topological polar surface area (TPSA) is 69.7 Å². The van der Waals surface area contributed by atoms with Gasteiger partial charge in [-0.25, -0.2) is 9.78 Å². The number of rotatable bonds is 6. The number of esters is 1. The smallest absolute Gasteiger partial charge is 0.374 e. The molecule has 0 amide bonds. The molecule has 2 aromatic heterocycles. The van der Waals surface area contributed by atoms with Crippen molar-refractivity contribution in [2.45, 2.75) is 26.4 Å². The summed E-state index contributed by atoms with van der Waals surface area (Å²) in [5.41, 5.74) is 3.41. The second kappa shape index (κ2) is 8.13. The van der Waals surface area contributed by atoms with Gasteiger partial charge in [-0.2, -0.15) is 0 Å². The van der Waals surface area contributed by atoms with Crippen LogP contribution in [0, 0.1) is 0 Å². The van der Waals surface area contributed by atoms with Crippen LogP contribution < -0.4 is 4.74 Å². The van der Waals surface area contributed by atoms with E-state index in [9.17, 15) is 4.79 Å². The maximum Gasteiger partial charge on any atom is 0.374 e. The van der Waals surface area contributed by atoms with Crippen molar-refractivity contribution in [1.29, 1.82) is 0 Å². The van der Waals surface area contributed by atoms with Gasteiger partial charge in [0.1, 0.15) is 5.75 Å². The third kappa shape index (κ3) is 3.78. The Labute approximate surface area is 169 Å². The number of methoxy groups -OCH3 is 1. The van der Waals surface area contributed by atoms with E-state index in [4.69, 9.17) is 18.9 Å². The van der Waals surface area contributed by atoms with Crippen LogP contribution in [0.15, 0.2) is 40.8 Å². The molecule has 0 unspecified atom stereocenters. The van der Waals surface area contributed by atoms with E-state index < -0.39 is 5.97 Å². The lowest BCUT2D eigenvalue weighted by Crippen LogP contribution is -2.31. The maximum atomic E-state index is 11.9. The lowest BCUT2D eigenvalue weighted by Gasteiger charge is -2.27. The minimum Gasteiger partial charge on any atom is -0.496 e. The van der Waals surface area contributed by atoms with Crippen LogP contribution in [0.4, 0.5) is 0 Å². The Bertz CT molecular complexity index is 1020. The van der Waals surface area contributed by atoms with Gasteiger partial charge < -0.3 is 18.5 Å². The lowest BCUT2D eigenvalue weighted by atomic mass is 10.1. The first-order valence-corrected chi connectivity index (χ1v) is 9.76. The lowest BCUT2D eigenvalue weighted by molar-refractivity contribution is 0.0491. The second-order valence-electron chi connectivity index (χ2n) is 7.04. The molecular formula is C22H25N3O4. The summed E-state index contributed by atoms with van der Waals surface area (Å²) < 4.78 is 18.2. The van der Waals surface area contributed by atoms with Gasteiger partial charge in [0.25, 0.3) is 0 Å². The van der Waals surface area contributed by atoms with Crippen LogP contribution in [-0.2, 0) is 31.3 Å². The van der Waals surface area contributed by atoms with E-state index in [0.29, 0.717) is 12.4 Å². The molecule has 3 heterocycles. The van der Waals surface area contributed by atoms with Crippen molar-refractivity contribution in [3.05, 3.63) is 59.1 Å². The molecule has 1 aliphatic rings. The van der Waals surface area contributed by atoms with Crippen LogP contribution in [-0.4, -0.2) is 40.7 Å². The first-order valence-electron chi connectivity index (χ1n) is 9.76. The summed E-state index contributed by atoms with van der Waals surface area (Å²) in [4.78, 5) is 19.0. The van der Waals surface area contributed by atoms with Crippen LogP contribution in [0.3, 0.4) is 0 Å². The predicted molar refractivity (Wildman–Crippen MR) is 108 cm³/mol. The fourth-order valence-electron chi connectivity index (χ4n) is 3.74. The molecule has 0 radical (unpaired) electrons. The van der Waals surface area contributed by atoms with Gasteiger partial charge in [0.2, 0.25) is 5.76 Å². The number of nitrogens with zero attached hydrogens (tertiary/aromatic N) is 3. The zero-order valence-corrected chi connectivity index (χ0v) is 17.0. The monoisotopic (exact) mass is 395 g/mol. The van der Waals surface area contributed by atoms with Gasteiger partial charge in [-0.05, 0) is 25.1 Å². The molecule has 29 heavy (non-hydrogen) atoms. The van der Waals surface area contributed by atoms with Crippen LogP contribution in [0.1, 0.15) is 34.4 Å². The first kappa shape index (κ1) is 19.3. The fraction of sp³-hybridized carbons (Fsp3) is 0.364. The molecule has 0 atom stereocenters. The molecule has 0 saturated carbocycles. The molecule has 0 saturated heterocycles. The minimum absolute atomic E-state index is 0.195.